The summed E-state index contributed by atoms with van der Waals surface area (Å²) in [7, 11) is 1.40. The maximum atomic E-state index is 13.0. The van der Waals surface area contributed by atoms with Crippen LogP contribution < -0.4 is 0 Å². The van der Waals surface area contributed by atoms with Crippen LogP contribution in [0.1, 0.15) is 23.7 Å². The summed E-state index contributed by atoms with van der Waals surface area (Å²) in [6.07, 6.45) is 1.22. The van der Waals surface area contributed by atoms with Gasteiger partial charge in [0.1, 0.15) is 0 Å². The molecular formula is C17H18O4. The van der Waals surface area contributed by atoms with Gasteiger partial charge in [-0.05, 0) is 19.3 Å². The van der Waals surface area contributed by atoms with Gasteiger partial charge in [-0.1, -0.05) is 30.3 Å². The molecule has 0 unspecified atom stereocenters. The summed E-state index contributed by atoms with van der Waals surface area (Å²) in [4.78, 5) is 25.4. The average Bonchev–Trinajstić information content (AvgIpc) is 3.16. The topological polar surface area (TPSA) is 55.9 Å². The molecule has 1 saturated heterocycles. The fraction of sp³-hybridized carbons (Fsp3) is 0.529. The van der Waals surface area contributed by atoms with Crippen molar-refractivity contribution in [2.45, 2.75) is 25.6 Å². The lowest BCUT2D eigenvalue weighted by atomic mass is 9.65. The van der Waals surface area contributed by atoms with Crippen molar-refractivity contribution in [2.75, 3.05) is 7.11 Å². The lowest BCUT2D eigenvalue weighted by molar-refractivity contribution is -0.157. The second kappa shape index (κ2) is 4.17. The second-order valence-electron chi connectivity index (χ2n) is 6.55. The zero-order valence-electron chi connectivity index (χ0n) is 12.1. The Morgan fingerprint density at radius 2 is 1.95 bits per heavy atom. The largest absolute Gasteiger partial charge is 0.469 e. The second-order valence-corrected chi connectivity index (χ2v) is 6.55. The maximum absolute atomic E-state index is 13.0. The van der Waals surface area contributed by atoms with Crippen LogP contribution in [0.3, 0.4) is 0 Å². The van der Waals surface area contributed by atoms with Crippen molar-refractivity contribution in [3.05, 3.63) is 35.9 Å². The van der Waals surface area contributed by atoms with Gasteiger partial charge in [0.2, 0.25) is 0 Å². The van der Waals surface area contributed by atoms with Crippen LogP contribution in [-0.4, -0.2) is 31.1 Å². The first-order valence-electron chi connectivity index (χ1n) is 7.42. The highest BCUT2D eigenvalue weighted by Crippen LogP contribution is 2.67. The van der Waals surface area contributed by atoms with Gasteiger partial charge < -0.3 is 9.47 Å². The smallest absolute Gasteiger partial charge is 0.312 e. The molecule has 1 aliphatic heterocycles. The van der Waals surface area contributed by atoms with Crippen LogP contribution >= 0.6 is 0 Å². The molecule has 2 saturated carbocycles. The highest BCUT2D eigenvalue weighted by atomic mass is 16.6. The zero-order valence-corrected chi connectivity index (χ0v) is 12.1. The predicted molar refractivity (Wildman–Crippen MR) is 74.6 cm³/mol. The molecule has 4 nitrogen and oxygen atoms in total. The number of hydrogen-bond donors (Lipinski definition) is 0. The van der Waals surface area contributed by atoms with E-state index in [1.165, 1.54) is 7.11 Å². The minimum absolute atomic E-state index is 0.0463. The van der Waals surface area contributed by atoms with Crippen molar-refractivity contribution < 1.29 is 19.1 Å². The maximum Gasteiger partial charge on any atom is 0.312 e. The Labute approximate surface area is 123 Å². The van der Waals surface area contributed by atoms with Crippen LogP contribution in [0.5, 0.6) is 0 Å². The number of carbonyl (C=O) groups is 2. The van der Waals surface area contributed by atoms with Crippen LogP contribution in [0.15, 0.2) is 30.3 Å². The number of carbonyl (C=O) groups excluding carboxylic acids is 2. The molecule has 6 atom stereocenters. The number of epoxide rings is 1. The molecule has 4 rings (SSSR count). The first kappa shape index (κ1) is 13.0. The summed E-state index contributed by atoms with van der Waals surface area (Å²) in [5.74, 6) is -0.307. The molecule has 1 aromatic rings. The number of Topliss-reactive ketones (excluding diaryl/α,β-unsaturated/α-hetero) is 1. The first-order chi connectivity index (χ1) is 10.1. The number of rotatable bonds is 3. The van der Waals surface area contributed by atoms with Crippen molar-refractivity contribution in [3.8, 4) is 0 Å². The Hall–Kier alpha value is -1.68. The number of ether oxygens (including phenoxy) is 2. The quantitative estimate of drug-likeness (QED) is 0.485. The van der Waals surface area contributed by atoms with Crippen molar-refractivity contribution in [2.24, 2.45) is 23.2 Å². The Kier molecular flexibility index (Phi) is 2.58. The summed E-state index contributed by atoms with van der Waals surface area (Å²) < 4.78 is 10.7. The zero-order chi connectivity index (χ0) is 14.8. The van der Waals surface area contributed by atoms with Gasteiger partial charge in [-0.3, -0.25) is 9.59 Å². The lowest BCUT2D eigenvalue weighted by Crippen LogP contribution is -2.47. The molecule has 0 radical (unpaired) electrons. The summed E-state index contributed by atoms with van der Waals surface area (Å²) in [6.45, 7) is 1.88. The SMILES string of the molecule is COC(=O)[C@]1(C)[C@H](C(=O)c2ccccc2)[C@H]2C[C@H]1[C@H]1O[C@H]21. The van der Waals surface area contributed by atoms with E-state index in [9.17, 15) is 9.59 Å². The molecule has 2 bridgehead atoms. The number of hydrogen-bond acceptors (Lipinski definition) is 4. The van der Waals surface area contributed by atoms with E-state index in [0.717, 1.165) is 6.42 Å². The normalized spacial score (nSPS) is 42.5. The Morgan fingerprint density at radius 3 is 2.62 bits per heavy atom. The molecule has 110 valence electrons. The van der Waals surface area contributed by atoms with Crippen molar-refractivity contribution in [1.29, 1.82) is 0 Å². The van der Waals surface area contributed by atoms with Gasteiger partial charge in [0.25, 0.3) is 0 Å². The van der Waals surface area contributed by atoms with Crippen LogP contribution in [0.2, 0.25) is 0 Å². The third kappa shape index (κ3) is 1.54. The highest BCUT2D eigenvalue weighted by molar-refractivity contribution is 6.02. The van der Waals surface area contributed by atoms with Crippen molar-refractivity contribution in [1.82, 2.24) is 0 Å². The van der Waals surface area contributed by atoms with Gasteiger partial charge in [-0.2, -0.15) is 0 Å². The molecule has 3 fully saturated rings. The minimum Gasteiger partial charge on any atom is -0.469 e. The molecule has 2 aliphatic carbocycles. The fourth-order valence-electron chi connectivity index (χ4n) is 4.70. The van der Waals surface area contributed by atoms with Gasteiger partial charge >= 0.3 is 5.97 Å². The van der Waals surface area contributed by atoms with E-state index in [0.29, 0.717) is 5.56 Å². The van der Waals surface area contributed by atoms with E-state index in [-0.39, 0.29) is 41.7 Å². The molecule has 1 heterocycles. The van der Waals surface area contributed by atoms with Crippen LogP contribution in [-0.2, 0) is 14.3 Å². The number of esters is 1. The summed E-state index contributed by atoms with van der Waals surface area (Å²) in [6, 6.07) is 9.23. The molecule has 3 aliphatic rings. The Balaban J connectivity index is 1.75. The number of benzene rings is 1. The van der Waals surface area contributed by atoms with E-state index in [1.807, 2.05) is 37.3 Å². The fourth-order valence-corrected chi connectivity index (χ4v) is 4.70. The molecule has 0 spiro atoms. The average molecular weight is 286 g/mol. The number of ketones is 1. The number of methoxy groups -OCH3 is 1. The van der Waals surface area contributed by atoms with Gasteiger partial charge in [-0.25, -0.2) is 0 Å². The highest BCUT2D eigenvalue weighted by Gasteiger charge is 2.75. The molecular weight excluding hydrogens is 268 g/mol. The van der Waals surface area contributed by atoms with Gasteiger partial charge in [0, 0.05) is 17.4 Å². The summed E-state index contributed by atoms with van der Waals surface area (Å²) >= 11 is 0. The minimum atomic E-state index is -0.760. The van der Waals surface area contributed by atoms with Gasteiger partial charge in [-0.15, -0.1) is 0 Å². The molecule has 0 aromatic heterocycles. The standard InChI is InChI=1S/C17H18O4/c1-17(16(19)20-2)11-8-10(14-15(11)21-14)12(17)13(18)9-6-4-3-5-7-9/h3-7,10-12,14-15H,8H2,1-2H3/t10-,11+,12+,14-,15-,17+/m1/s1. The predicted octanol–water partition coefficient (Wildman–Crippen LogP) is 2.08. The monoisotopic (exact) mass is 286 g/mol. The Bertz CT molecular complexity index is 610. The number of fused-ring (bicyclic) bond motifs is 5. The first-order valence-corrected chi connectivity index (χ1v) is 7.42. The molecule has 0 amide bonds. The van der Waals surface area contributed by atoms with E-state index in [2.05, 4.69) is 0 Å². The van der Waals surface area contributed by atoms with Crippen LogP contribution in [0.4, 0.5) is 0 Å². The molecule has 4 heteroatoms. The van der Waals surface area contributed by atoms with E-state index in [1.54, 1.807) is 0 Å². The van der Waals surface area contributed by atoms with E-state index < -0.39 is 5.41 Å². The molecule has 1 aromatic carbocycles. The lowest BCUT2D eigenvalue weighted by Gasteiger charge is -2.35. The molecule has 21 heavy (non-hydrogen) atoms. The summed E-state index contributed by atoms with van der Waals surface area (Å²) in [5, 5.41) is 0. The van der Waals surface area contributed by atoms with Gasteiger partial charge in [0.15, 0.2) is 5.78 Å². The summed E-state index contributed by atoms with van der Waals surface area (Å²) in [5.41, 5.74) is -0.0910. The van der Waals surface area contributed by atoms with E-state index in [4.69, 9.17) is 9.47 Å². The van der Waals surface area contributed by atoms with Crippen LogP contribution in [0, 0.1) is 23.2 Å². The third-order valence-electron chi connectivity index (χ3n) is 5.72. The molecule has 0 N–H and O–H groups in total. The van der Waals surface area contributed by atoms with E-state index >= 15 is 0 Å². The Morgan fingerprint density at radius 1 is 1.24 bits per heavy atom. The van der Waals surface area contributed by atoms with Crippen LogP contribution in [0.25, 0.3) is 0 Å². The van der Waals surface area contributed by atoms with Crippen molar-refractivity contribution in [3.63, 3.8) is 0 Å². The van der Waals surface area contributed by atoms with Gasteiger partial charge in [0.05, 0.1) is 24.7 Å². The van der Waals surface area contributed by atoms with Crippen molar-refractivity contribution >= 4 is 11.8 Å². The third-order valence-corrected chi connectivity index (χ3v) is 5.72.